The predicted molar refractivity (Wildman–Crippen MR) is 94.3 cm³/mol. The van der Waals surface area contributed by atoms with E-state index >= 15 is 0 Å². The summed E-state index contributed by atoms with van der Waals surface area (Å²) in [6, 6.07) is 7.57. The first-order valence-electron chi connectivity index (χ1n) is 8.08. The first kappa shape index (κ1) is 15.7. The fourth-order valence-electron chi connectivity index (χ4n) is 3.51. The maximum absolute atomic E-state index is 5.92. The van der Waals surface area contributed by atoms with Gasteiger partial charge in [0.2, 0.25) is 0 Å². The first-order valence-corrected chi connectivity index (χ1v) is 9.92. The Labute approximate surface area is 140 Å². The van der Waals surface area contributed by atoms with Gasteiger partial charge in [0.15, 0.2) is 0 Å². The molecule has 0 saturated heterocycles. The van der Waals surface area contributed by atoms with Crippen molar-refractivity contribution < 1.29 is 4.74 Å². The van der Waals surface area contributed by atoms with Crippen LogP contribution in [-0.4, -0.2) is 23.7 Å². The number of benzene rings is 1. The fraction of sp³-hybridized carbons (Fsp3) is 0.647. The number of hydrogen-bond acceptors (Lipinski definition) is 3. The quantitative estimate of drug-likeness (QED) is 0.812. The molecule has 2 nitrogen and oxygen atoms in total. The van der Waals surface area contributed by atoms with Gasteiger partial charge in [-0.2, -0.15) is 11.8 Å². The predicted octanol–water partition coefficient (Wildman–Crippen LogP) is 4.93. The van der Waals surface area contributed by atoms with Gasteiger partial charge in [0.05, 0.1) is 6.61 Å². The minimum absolute atomic E-state index is 0.443. The van der Waals surface area contributed by atoms with Gasteiger partial charge in [-0.15, -0.1) is 0 Å². The second kappa shape index (κ2) is 7.38. The molecular weight excluding hydrogens is 346 g/mol. The summed E-state index contributed by atoms with van der Waals surface area (Å²) in [5, 5.41) is 4.74. The van der Waals surface area contributed by atoms with Gasteiger partial charge in [-0.25, -0.2) is 0 Å². The van der Waals surface area contributed by atoms with Crippen LogP contribution in [-0.2, 0) is 0 Å². The molecule has 0 aromatic heterocycles. The van der Waals surface area contributed by atoms with Crippen molar-refractivity contribution in [1.29, 1.82) is 0 Å². The molecule has 21 heavy (non-hydrogen) atoms. The van der Waals surface area contributed by atoms with E-state index in [1.165, 1.54) is 37.0 Å². The number of hydrogen-bond donors (Lipinski definition) is 1. The highest BCUT2D eigenvalue weighted by Crippen LogP contribution is 2.37. The molecule has 1 fully saturated rings. The van der Waals surface area contributed by atoms with Crippen LogP contribution in [0.1, 0.15) is 50.6 Å². The maximum Gasteiger partial charge on any atom is 0.125 e. The molecule has 116 valence electrons. The molecule has 1 aromatic rings. The molecule has 0 amide bonds. The van der Waals surface area contributed by atoms with E-state index in [9.17, 15) is 0 Å². The number of fused-ring (bicyclic) bond motifs is 1. The van der Waals surface area contributed by atoms with Crippen molar-refractivity contribution in [3.05, 3.63) is 28.2 Å². The van der Waals surface area contributed by atoms with Crippen LogP contribution in [0.15, 0.2) is 22.7 Å². The van der Waals surface area contributed by atoms with Crippen LogP contribution in [0.2, 0.25) is 0 Å². The Kier molecular flexibility index (Phi) is 5.52. The normalized spacial score (nSPS) is 28.8. The Morgan fingerprint density at radius 2 is 2.19 bits per heavy atom. The van der Waals surface area contributed by atoms with Crippen LogP contribution in [0.3, 0.4) is 0 Å². The highest BCUT2D eigenvalue weighted by Gasteiger charge is 2.30. The lowest BCUT2D eigenvalue weighted by molar-refractivity contribution is 0.314. The molecule has 0 radical (unpaired) electrons. The van der Waals surface area contributed by atoms with E-state index in [-0.39, 0.29) is 0 Å². The molecule has 3 rings (SSSR count). The maximum atomic E-state index is 5.92. The van der Waals surface area contributed by atoms with Crippen molar-refractivity contribution in [1.82, 2.24) is 5.32 Å². The number of nitrogens with one attached hydrogen (secondary N) is 1. The highest BCUT2D eigenvalue weighted by molar-refractivity contribution is 9.10. The zero-order chi connectivity index (χ0) is 14.7. The van der Waals surface area contributed by atoms with Gasteiger partial charge in [-0.3, -0.25) is 0 Å². The monoisotopic (exact) mass is 369 g/mol. The van der Waals surface area contributed by atoms with Crippen LogP contribution >= 0.6 is 27.7 Å². The summed E-state index contributed by atoms with van der Waals surface area (Å²) in [7, 11) is 0. The van der Waals surface area contributed by atoms with Gasteiger partial charge in [0.1, 0.15) is 5.75 Å². The third kappa shape index (κ3) is 3.77. The lowest BCUT2D eigenvalue weighted by Gasteiger charge is -2.27. The van der Waals surface area contributed by atoms with E-state index in [0.717, 1.165) is 28.5 Å². The van der Waals surface area contributed by atoms with Crippen LogP contribution < -0.4 is 10.1 Å². The second-order valence-corrected chi connectivity index (χ2v) is 8.36. The number of halogens is 1. The van der Waals surface area contributed by atoms with Crippen LogP contribution in [0.25, 0.3) is 0 Å². The molecule has 4 heteroatoms. The SMILES string of the molecule is CCSC1CCCC1NC1CCCOc2cc(Br)ccc21. The molecule has 3 atom stereocenters. The van der Waals surface area contributed by atoms with E-state index in [2.05, 4.69) is 58.1 Å². The van der Waals surface area contributed by atoms with Crippen molar-refractivity contribution in [2.45, 2.75) is 56.4 Å². The molecule has 3 unspecified atom stereocenters. The lowest BCUT2D eigenvalue weighted by atomic mass is 10.0. The molecule has 1 aliphatic heterocycles. The zero-order valence-corrected chi connectivity index (χ0v) is 15.0. The smallest absolute Gasteiger partial charge is 0.125 e. The van der Waals surface area contributed by atoms with Crippen molar-refractivity contribution in [2.24, 2.45) is 0 Å². The standard InChI is InChI=1S/C17H24BrNOS/c1-2-21-17-7-3-5-15(17)19-14-6-4-10-20-16-11-12(18)8-9-13(14)16/h8-9,11,14-15,17,19H,2-7,10H2,1H3. The van der Waals surface area contributed by atoms with Gasteiger partial charge in [0, 0.05) is 27.4 Å². The summed E-state index contributed by atoms with van der Waals surface area (Å²) >= 11 is 5.67. The third-order valence-corrected chi connectivity index (χ3v) is 6.31. The van der Waals surface area contributed by atoms with E-state index in [4.69, 9.17) is 4.74 Å². The zero-order valence-electron chi connectivity index (χ0n) is 12.6. The summed E-state index contributed by atoms with van der Waals surface area (Å²) in [5.74, 6) is 2.28. The van der Waals surface area contributed by atoms with E-state index in [0.29, 0.717) is 12.1 Å². The molecule has 0 spiro atoms. The minimum atomic E-state index is 0.443. The number of thioether (sulfide) groups is 1. The van der Waals surface area contributed by atoms with Crippen LogP contribution in [0.4, 0.5) is 0 Å². The van der Waals surface area contributed by atoms with Crippen LogP contribution in [0.5, 0.6) is 5.75 Å². The summed E-state index contributed by atoms with van der Waals surface area (Å²) < 4.78 is 7.02. The summed E-state index contributed by atoms with van der Waals surface area (Å²) in [5.41, 5.74) is 1.34. The average molecular weight is 370 g/mol. The summed E-state index contributed by atoms with van der Waals surface area (Å²) in [6.45, 7) is 3.10. The fourth-order valence-corrected chi connectivity index (χ4v) is 5.06. The average Bonchev–Trinajstić information content (AvgIpc) is 2.80. The Morgan fingerprint density at radius 3 is 3.05 bits per heavy atom. The summed E-state index contributed by atoms with van der Waals surface area (Å²) in [6.07, 6.45) is 6.36. The molecule has 1 heterocycles. The Balaban J connectivity index is 1.76. The number of ether oxygens (including phenoxy) is 1. The van der Waals surface area contributed by atoms with Gasteiger partial charge in [0.25, 0.3) is 0 Å². The lowest BCUT2D eigenvalue weighted by Crippen LogP contribution is -2.37. The topological polar surface area (TPSA) is 21.3 Å². The van der Waals surface area contributed by atoms with E-state index < -0.39 is 0 Å². The minimum Gasteiger partial charge on any atom is -0.493 e. The Bertz CT molecular complexity index is 482. The first-order chi connectivity index (χ1) is 10.3. The number of rotatable bonds is 4. The van der Waals surface area contributed by atoms with E-state index in [1.54, 1.807) is 0 Å². The van der Waals surface area contributed by atoms with Crippen molar-refractivity contribution >= 4 is 27.7 Å². The van der Waals surface area contributed by atoms with Gasteiger partial charge < -0.3 is 10.1 Å². The van der Waals surface area contributed by atoms with Crippen LogP contribution in [0, 0.1) is 0 Å². The molecule has 1 N–H and O–H groups in total. The van der Waals surface area contributed by atoms with Gasteiger partial charge in [-0.1, -0.05) is 35.3 Å². The molecule has 2 aliphatic rings. The summed E-state index contributed by atoms with van der Waals surface area (Å²) in [4.78, 5) is 0. The largest absolute Gasteiger partial charge is 0.493 e. The molecular formula is C17H24BrNOS. The Morgan fingerprint density at radius 1 is 1.29 bits per heavy atom. The van der Waals surface area contributed by atoms with Crippen molar-refractivity contribution in [3.8, 4) is 5.75 Å². The highest BCUT2D eigenvalue weighted by atomic mass is 79.9. The third-order valence-electron chi connectivity index (χ3n) is 4.49. The molecule has 1 saturated carbocycles. The van der Waals surface area contributed by atoms with Crippen molar-refractivity contribution in [3.63, 3.8) is 0 Å². The molecule has 1 aromatic carbocycles. The van der Waals surface area contributed by atoms with Gasteiger partial charge in [-0.05, 0) is 43.6 Å². The van der Waals surface area contributed by atoms with Gasteiger partial charge >= 0.3 is 0 Å². The molecule has 1 aliphatic carbocycles. The Hall–Kier alpha value is -0.190. The van der Waals surface area contributed by atoms with Crippen molar-refractivity contribution in [2.75, 3.05) is 12.4 Å². The van der Waals surface area contributed by atoms with E-state index in [1.807, 2.05) is 0 Å². The second-order valence-electron chi connectivity index (χ2n) is 5.92. The molecule has 0 bridgehead atoms.